The monoisotopic (exact) mass is 293 g/mol. The maximum atomic E-state index is 11.9. The Labute approximate surface area is 124 Å². The molecule has 6 heteroatoms. The largest absolute Gasteiger partial charge is 0.396 e. The first-order chi connectivity index (χ1) is 10.2. The van der Waals surface area contributed by atoms with Gasteiger partial charge in [0, 0.05) is 32.2 Å². The standard InChI is InChI=1S/C15H23N3O3/c1-17-14-8-18(15(20)5-7-19)6-4-12(14)13(16-17)10-21-9-11-2-3-11/h11,19H,2-10H2,1H3. The van der Waals surface area contributed by atoms with E-state index in [2.05, 4.69) is 5.10 Å². The van der Waals surface area contributed by atoms with Crippen LogP contribution in [-0.2, 0) is 36.2 Å². The van der Waals surface area contributed by atoms with Gasteiger partial charge >= 0.3 is 0 Å². The zero-order chi connectivity index (χ0) is 14.8. The molecule has 1 N–H and O–H groups in total. The molecule has 6 nitrogen and oxygen atoms in total. The van der Waals surface area contributed by atoms with Crippen LogP contribution in [0.2, 0.25) is 0 Å². The lowest BCUT2D eigenvalue weighted by Crippen LogP contribution is -2.37. The molecule has 116 valence electrons. The quantitative estimate of drug-likeness (QED) is 0.834. The van der Waals surface area contributed by atoms with Crippen LogP contribution in [0.1, 0.15) is 36.2 Å². The Morgan fingerprint density at radius 1 is 1.48 bits per heavy atom. The fraction of sp³-hybridized carbons (Fsp3) is 0.733. The van der Waals surface area contributed by atoms with Gasteiger partial charge in [-0.15, -0.1) is 0 Å². The summed E-state index contributed by atoms with van der Waals surface area (Å²) in [5, 5.41) is 13.4. The molecule has 21 heavy (non-hydrogen) atoms. The zero-order valence-corrected chi connectivity index (χ0v) is 12.5. The minimum absolute atomic E-state index is 0.0101. The first-order valence-corrected chi connectivity index (χ1v) is 7.69. The van der Waals surface area contributed by atoms with Gasteiger partial charge in [0.2, 0.25) is 5.91 Å². The summed E-state index contributed by atoms with van der Waals surface area (Å²) in [4.78, 5) is 13.7. The SMILES string of the molecule is Cn1nc(COCC2CC2)c2c1CN(C(=O)CCO)CC2. The van der Waals surface area contributed by atoms with Crippen LogP contribution in [0, 0.1) is 5.92 Å². The maximum absolute atomic E-state index is 11.9. The summed E-state index contributed by atoms with van der Waals surface area (Å²) in [5.74, 6) is 0.770. The highest BCUT2D eigenvalue weighted by molar-refractivity contribution is 5.76. The molecule has 1 amide bonds. The molecule has 2 heterocycles. The summed E-state index contributed by atoms with van der Waals surface area (Å²) >= 11 is 0. The van der Waals surface area contributed by atoms with Crippen LogP contribution in [0.5, 0.6) is 0 Å². The fourth-order valence-corrected chi connectivity index (χ4v) is 2.85. The van der Waals surface area contributed by atoms with Crippen molar-refractivity contribution < 1.29 is 14.6 Å². The van der Waals surface area contributed by atoms with Crippen LogP contribution in [0.4, 0.5) is 0 Å². The van der Waals surface area contributed by atoms with E-state index < -0.39 is 0 Å². The summed E-state index contributed by atoms with van der Waals surface area (Å²) in [6, 6.07) is 0. The number of rotatable bonds is 6. The summed E-state index contributed by atoms with van der Waals surface area (Å²) < 4.78 is 7.61. The number of hydrogen-bond acceptors (Lipinski definition) is 4. The molecule has 0 radical (unpaired) electrons. The number of amides is 1. The van der Waals surface area contributed by atoms with Gasteiger partial charge in [-0.3, -0.25) is 9.48 Å². The molecular formula is C15H23N3O3. The van der Waals surface area contributed by atoms with E-state index in [1.54, 1.807) is 4.90 Å². The average molecular weight is 293 g/mol. The van der Waals surface area contributed by atoms with Crippen molar-refractivity contribution in [3.63, 3.8) is 0 Å². The van der Waals surface area contributed by atoms with E-state index in [0.717, 1.165) is 30.3 Å². The third-order valence-electron chi connectivity index (χ3n) is 4.30. The molecule has 0 aromatic carbocycles. The second kappa shape index (κ2) is 6.15. The van der Waals surface area contributed by atoms with Crippen LogP contribution < -0.4 is 0 Å². The molecule has 3 rings (SSSR count). The van der Waals surface area contributed by atoms with Crippen molar-refractivity contribution in [3.05, 3.63) is 17.0 Å². The molecule has 0 saturated heterocycles. The van der Waals surface area contributed by atoms with Crippen LogP contribution in [0.25, 0.3) is 0 Å². The van der Waals surface area contributed by atoms with Crippen LogP contribution in [-0.4, -0.2) is 45.5 Å². The molecule has 1 saturated carbocycles. The topological polar surface area (TPSA) is 67.6 Å². The lowest BCUT2D eigenvalue weighted by Gasteiger charge is -2.27. The van der Waals surface area contributed by atoms with Crippen molar-refractivity contribution >= 4 is 5.91 Å². The number of aromatic nitrogens is 2. The summed E-state index contributed by atoms with van der Waals surface area (Å²) in [5.41, 5.74) is 3.35. The normalized spacial score (nSPS) is 17.9. The highest BCUT2D eigenvalue weighted by Gasteiger charge is 2.27. The van der Waals surface area contributed by atoms with Crippen molar-refractivity contribution in [1.29, 1.82) is 0 Å². The molecule has 2 aliphatic rings. The van der Waals surface area contributed by atoms with Crippen molar-refractivity contribution in [2.75, 3.05) is 19.8 Å². The van der Waals surface area contributed by atoms with E-state index in [4.69, 9.17) is 9.84 Å². The van der Waals surface area contributed by atoms with Crippen molar-refractivity contribution in [1.82, 2.24) is 14.7 Å². The number of ether oxygens (including phenoxy) is 1. The van der Waals surface area contributed by atoms with Crippen LogP contribution in [0.3, 0.4) is 0 Å². The number of nitrogens with zero attached hydrogens (tertiary/aromatic N) is 3. The van der Waals surface area contributed by atoms with Crippen LogP contribution >= 0.6 is 0 Å². The highest BCUT2D eigenvalue weighted by Crippen LogP contribution is 2.29. The Morgan fingerprint density at radius 2 is 2.29 bits per heavy atom. The van der Waals surface area contributed by atoms with E-state index in [1.807, 2.05) is 11.7 Å². The van der Waals surface area contributed by atoms with E-state index in [9.17, 15) is 4.79 Å². The molecule has 0 bridgehead atoms. The number of fused-ring (bicyclic) bond motifs is 1. The molecule has 1 aliphatic heterocycles. The molecule has 1 aromatic heterocycles. The number of aliphatic hydroxyl groups excluding tert-OH is 1. The minimum Gasteiger partial charge on any atom is -0.396 e. The van der Waals surface area contributed by atoms with Crippen molar-refractivity contribution in [2.24, 2.45) is 13.0 Å². The van der Waals surface area contributed by atoms with Crippen LogP contribution in [0.15, 0.2) is 0 Å². The maximum Gasteiger partial charge on any atom is 0.225 e. The van der Waals surface area contributed by atoms with Gasteiger partial charge in [-0.25, -0.2) is 0 Å². The number of aliphatic hydroxyl groups is 1. The van der Waals surface area contributed by atoms with Gasteiger partial charge in [0.1, 0.15) is 0 Å². The average Bonchev–Trinajstić information content (AvgIpc) is 3.24. The van der Waals surface area contributed by atoms with Gasteiger partial charge in [0.05, 0.1) is 31.1 Å². The highest BCUT2D eigenvalue weighted by atomic mass is 16.5. The molecule has 0 spiro atoms. The fourth-order valence-electron chi connectivity index (χ4n) is 2.85. The lowest BCUT2D eigenvalue weighted by molar-refractivity contribution is -0.132. The van der Waals surface area contributed by atoms with E-state index in [1.165, 1.54) is 18.4 Å². The number of hydrogen-bond donors (Lipinski definition) is 1. The number of aryl methyl sites for hydroxylation is 1. The number of carbonyl (C=O) groups is 1. The van der Waals surface area contributed by atoms with Gasteiger partial charge in [0.15, 0.2) is 0 Å². The molecular weight excluding hydrogens is 270 g/mol. The third-order valence-corrected chi connectivity index (χ3v) is 4.30. The number of carbonyl (C=O) groups excluding carboxylic acids is 1. The van der Waals surface area contributed by atoms with E-state index in [-0.39, 0.29) is 18.9 Å². The van der Waals surface area contributed by atoms with E-state index >= 15 is 0 Å². The summed E-state index contributed by atoms with van der Waals surface area (Å²) in [7, 11) is 1.92. The Bertz CT molecular complexity index is 522. The molecule has 0 atom stereocenters. The van der Waals surface area contributed by atoms with Gasteiger partial charge in [0.25, 0.3) is 0 Å². The summed E-state index contributed by atoms with van der Waals surface area (Å²) in [6.07, 6.45) is 3.61. The Balaban J connectivity index is 1.64. The lowest BCUT2D eigenvalue weighted by atomic mass is 10.0. The zero-order valence-electron chi connectivity index (χ0n) is 12.5. The predicted octanol–water partition coefficient (Wildman–Crippen LogP) is 0.614. The first-order valence-electron chi connectivity index (χ1n) is 7.69. The minimum atomic E-state index is -0.0895. The molecule has 1 fully saturated rings. The second-order valence-corrected chi connectivity index (χ2v) is 5.99. The van der Waals surface area contributed by atoms with Gasteiger partial charge in [-0.05, 0) is 25.2 Å². The van der Waals surface area contributed by atoms with Gasteiger partial charge < -0.3 is 14.7 Å². The van der Waals surface area contributed by atoms with Crippen molar-refractivity contribution in [2.45, 2.75) is 38.8 Å². The molecule has 1 aromatic rings. The van der Waals surface area contributed by atoms with Gasteiger partial charge in [-0.2, -0.15) is 5.10 Å². The Hall–Kier alpha value is -1.40. The molecule has 0 unspecified atom stereocenters. The third kappa shape index (κ3) is 3.27. The van der Waals surface area contributed by atoms with E-state index in [0.29, 0.717) is 19.7 Å². The predicted molar refractivity (Wildman–Crippen MR) is 76.4 cm³/mol. The molecule has 1 aliphatic carbocycles. The Morgan fingerprint density at radius 3 is 3.00 bits per heavy atom. The van der Waals surface area contributed by atoms with Gasteiger partial charge in [-0.1, -0.05) is 0 Å². The summed E-state index contributed by atoms with van der Waals surface area (Å²) in [6.45, 7) is 2.61. The second-order valence-electron chi connectivity index (χ2n) is 5.99. The Kier molecular flexibility index (Phi) is 4.26. The first kappa shape index (κ1) is 14.5. The smallest absolute Gasteiger partial charge is 0.225 e. The van der Waals surface area contributed by atoms with Crippen molar-refractivity contribution in [3.8, 4) is 0 Å².